The number of nitrogens with zero attached hydrogens (tertiary/aromatic N) is 1. The molecular formula is C21H27N. The van der Waals surface area contributed by atoms with Gasteiger partial charge in [-0.2, -0.15) is 0 Å². The molecule has 0 aliphatic carbocycles. The maximum absolute atomic E-state index is 2.63. The topological polar surface area (TPSA) is 3.24 Å². The van der Waals surface area contributed by atoms with Crippen LogP contribution in [-0.4, -0.2) is 18.0 Å². The maximum Gasteiger partial charge on any atom is 0.0236 e. The van der Waals surface area contributed by atoms with Crippen molar-refractivity contribution in [1.29, 1.82) is 0 Å². The summed E-state index contributed by atoms with van der Waals surface area (Å²) in [5.74, 6) is 0. The molecule has 1 heterocycles. The summed E-state index contributed by atoms with van der Waals surface area (Å²) in [5.41, 5.74) is 6.26. The van der Waals surface area contributed by atoms with Gasteiger partial charge in [0.2, 0.25) is 0 Å². The molecule has 1 nitrogen and oxygen atoms in total. The molecule has 0 unspecified atom stereocenters. The van der Waals surface area contributed by atoms with Crippen molar-refractivity contribution >= 4 is 0 Å². The zero-order valence-electron chi connectivity index (χ0n) is 13.7. The fraction of sp³-hybridized carbons (Fsp3) is 0.429. The molecule has 2 aromatic carbocycles. The van der Waals surface area contributed by atoms with E-state index in [1.54, 1.807) is 16.7 Å². The van der Waals surface area contributed by atoms with Crippen LogP contribution in [0.5, 0.6) is 0 Å². The average molecular weight is 293 g/mol. The van der Waals surface area contributed by atoms with Crippen LogP contribution < -0.4 is 0 Å². The Morgan fingerprint density at radius 3 is 2.64 bits per heavy atom. The van der Waals surface area contributed by atoms with Crippen LogP contribution in [0.2, 0.25) is 0 Å². The fourth-order valence-corrected chi connectivity index (χ4v) is 3.59. The van der Waals surface area contributed by atoms with Crippen molar-refractivity contribution in [2.45, 2.75) is 45.6 Å². The Morgan fingerprint density at radius 2 is 1.82 bits per heavy atom. The first-order valence-corrected chi connectivity index (χ1v) is 8.72. The molecule has 22 heavy (non-hydrogen) atoms. The largest absolute Gasteiger partial charge is 0.299 e. The van der Waals surface area contributed by atoms with E-state index < -0.39 is 0 Å². The number of aryl methyl sites for hydroxylation is 2. The van der Waals surface area contributed by atoms with Gasteiger partial charge < -0.3 is 0 Å². The van der Waals surface area contributed by atoms with Gasteiger partial charge in [-0.1, -0.05) is 61.9 Å². The van der Waals surface area contributed by atoms with Crippen molar-refractivity contribution in [3.63, 3.8) is 0 Å². The van der Waals surface area contributed by atoms with E-state index in [-0.39, 0.29) is 0 Å². The molecule has 0 atom stereocenters. The summed E-state index contributed by atoms with van der Waals surface area (Å²) in [6, 6.07) is 17.8. The summed E-state index contributed by atoms with van der Waals surface area (Å²) in [4.78, 5) is 2.63. The second-order valence-electron chi connectivity index (χ2n) is 6.42. The molecule has 0 saturated carbocycles. The first kappa shape index (κ1) is 15.3. The Bertz CT molecular complexity index is 588. The Balaban J connectivity index is 1.55. The molecule has 0 spiro atoms. The number of benzene rings is 2. The maximum atomic E-state index is 2.63. The summed E-state index contributed by atoms with van der Waals surface area (Å²) in [6.45, 7) is 5.86. The number of fused-ring (bicyclic) bond motifs is 1. The Labute approximate surface area is 135 Å². The van der Waals surface area contributed by atoms with Gasteiger partial charge in [0.05, 0.1) is 0 Å². The molecule has 0 bridgehead atoms. The van der Waals surface area contributed by atoms with E-state index in [9.17, 15) is 0 Å². The number of hydrogen-bond acceptors (Lipinski definition) is 1. The number of hydrogen-bond donors (Lipinski definition) is 0. The van der Waals surface area contributed by atoms with E-state index >= 15 is 0 Å². The summed E-state index contributed by atoms with van der Waals surface area (Å²) >= 11 is 0. The van der Waals surface area contributed by atoms with Gasteiger partial charge in [0, 0.05) is 13.1 Å². The Morgan fingerprint density at radius 1 is 0.955 bits per heavy atom. The third-order valence-corrected chi connectivity index (χ3v) is 4.74. The molecule has 0 amide bonds. The lowest BCUT2D eigenvalue weighted by Crippen LogP contribution is -2.32. The molecule has 0 N–H and O–H groups in total. The molecule has 0 aromatic heterocycles. The van der Waals surface area contributed by atoms with Gasteiger partial charge in [0.25, 0.3) is 0 Å². The van der Waals surface area contributed by atoms with Crippen LogP contribution in [0.1, 0.15) is 42.0 Å². The second kappa shape index (κ2) is 7.60. The zero-order chi connectivity index (χ0) is 15.2. The minimum Gasteiger partial charge on any atom is -0.299 e. The van der Waals surface area contributed by atoms with Crippen molar-refractivity contribution < 1.29 is 0 Å². The summed E-state index contributed by atoms with van der Waals surface area (Å²) in [6.07, 6.45) is 6.17. The van der Waals surface area contributed by atoms with E-state index in [4.69, 9.17) is 0 Å². The smallest absolute Gasteiger partial charge is 0.0236 e. The monoisotopic (exact) mass is 293 g/mol. The van der Waals surface area contributed by atoms with Crippen LogP contribution in [0.15, 0.2) is 48.5 Å². The predicted molar refractivity (Wildman–Crippen MR) is 94.2 cm³/mol. The van der Waals surface area contributed by atoms with Gasteiger partial charge >= 0.3 is 0 Å². The fourth-order valence-electron chi connectivity index (χ4n) is 3.59. The van der Waals surface area contributed by atoms with Crippen LogP contribution in [0.4, 0.5) is 0 Å². The molecule has 2 aromatic rings. The van der Waals surface area contributed by atoms with E-state index in [0.717, 1.165) is 6.54 Å². The minimum atomic E-state index is 1.14. The van der Waals surface area contributed by atoms with Crippen molar-refractivity contribution in [1.82, 2.24) is 4.90 Å². The van der Waals surface area contributed by atoms with Crippen LogP contribution in [0.25, 0.3) is 0 Å². The predicted octanol–water partition coefficient (Wildman–Crippen LogP) is 4.63. The second-order valence-corrected chi connectivity index (χ2v) is 6.42. The Hall–Kier alpha value is -1.60. The molecule has 0 fully saturated rings. The quantitative estimate of drug-likeness (QED) is 0.750. The summed E-state index contributed by atoms with van der Waals surface area (Å²) in [5, 5.41) is 0. The van der Waals surface area contributed by atoms with Crippen molar-refractivity contribution in [2.75, 3.05) is 13.1 Å². The molecule has 3 rings (SSSR count). The van der Waals surface area contributed by atoms with E-state index in [2.05, 4.69) is 60.4 Å². The standard InChI is InChI=1S/C21H27N/c1-2-8-19-12-6-13-20-17-22(16-14-21(19)20)15-7-11-18-9-4-3-5-10-18/h3-6,9-10,12-13H,2,7-8,11,14-17H2,1H3. The first-order valence-electron chi connectivity index (χ1n) is 8.72. The average Bonchev–Trinajstić information content (AvgIpc) is 2.56. The van der Waals surface area contributed by atoms with Gasteiger partial charge in [-0.25, -0.2) is 0 Å². The van der Waals surface area contributed by atoms with Crippen molar-refractivity contribution in [2.24, 2.45) is 0 Å². The highest BCUT2D eigenvalue weighted by molar-refractivity contribution is 5.37. The highest BCUT2D eigenvalue weighted by Gasteiger charge is 2.17. The third-order valence-electron chi connectivity index (χ3n) is 4.74. The van der Waals surface area contributed by atoms with Crippen molar-refractivity contribution in [3.05, 3.63) is 70.8 Å². The van der Waals surface area contributed by atoms with E-state index in [1.165, 1.54) is 50.8 Å². The zero-order valence-corrected chi connectivity index (χ0v) is 13.7. The van der Waals surface area contributed by atoms with E-state index in [1.807, 2.05) is 0 Å². The van der Waals surface area contributed by atoms with Crippen molar-refractivity contribution in [3.8, 4) is 0 Å². The van der Waals surface area contributed by atoms with Crippen LogP contribution >= 0.6 is 0 Å². The first-order chi connectivity index (χ1) is 10.9. The summed E-state index contributed by atoms with van der Waals surface area (Å²) in [7, 11) is 0. The van der Waals surface area contributed by atoms with Crippen LogP contribution in [-0.2, 0) is 25.8 Å². The Kier molecular flexibility index (Phi) is 5.29. The van der Waals surface area contributed by atoms with Gasteiger partial charge in [-0.05, 0) is 54.5 Å². The van der Waals surface area contributed by atoms with Crippen LogP contribution in [0, 0.1) is 0 Å². The molecule has 1 aliphatic rings. The van der Waals surface area contributed by atoms with Gasteiger partial charge in [0.1, 0.15) is 0 Å². The van der Waals surface area contributed by atoms with Gasteiger partial charge in [-0.15, -0.1) is 0 Å². The highest BCUT2D eigenvalue weighted by Crippen LogP contribution is 2.23. The minimum absolute atomic E-state index is 1.14. The SMILES string of the molecule is CCCc1cccc2c1CCN(CCCc1ccccc1)C2. The molecule has 0 radical (unpaired) electrons. The lowest BCUT2D eigenvalue weighted by Gasteiger charge is -2.30. The molecule has 116 valence electrons. The molecular weight excluding hydrogens is 266 g/mol. The highest BCUT2D eigenvalue weighted by atomic mass is 15.1. The van der Waals surface area contributed by atoms with Gasteiger partial charge in [-0.3, -0.25) is 4.90 Å². The van der Waals surface area contributed by atoms with E-state index in [0.29, 0.717) is 0 Å². The lowest BCUT2D eigenvalue weighted by molar-refractivity contribution is 0.250. The molecule has 1 heteroatoms. The molecule has 1 aliphatic heterocycles. The molecule has 0 saturated heterocycles. The normalized spacial score (nSPS) is 14.8. The van der Waals surface area contributed by atoms with Crippen LogP contribution in [0.3, 0.4) is 0 Å². The third kappa shape index (κ3) is 3.78. The number of rotatable bonds is 6. The lowest BCUT2D eigenvalue weighted by atomic mass is 9.92. The summed E-state index contributed by atoms with van der Waals surface area (Å²) < 4.78 is 0. The van der Waals surface area contributed by atoms with Gasteiger partial charge in [0.15, 0.2) is 0 Å².